The summed E-state index contributed by atoms with van der Waals surface area (Å²) >= 11 is 0. The highest BCUT2D eigenvalue weighted by Gasteiger charge is 2.55. The number of ketones is 1. The van der Waals surface area contributed by atoms with Crippen molar-refractivity contribution in [2.75, 3.05) is 6.54 Å². The summed E-state index contributed by atoms with van der Waals surface area (Å²) in [5, 5.41) is 10.8. The quantitative estimate of drug-likeness (QED) is 0.728. The Balaban J connectivity index is 1.77. The molecule has 1 unspecified atom stereocenters. The number of carboxylic acids is 1. The maximum atomic E-state index is 12.8. The number of amides is 2. The molecular weight excluding hydrogens is 372 g/mol. The highest BCUT2D eigenvalue weighted by molar-refractivity contribution is 6.25. The third-order valence-electron chi connectivity index (χ3n) is 5.13. The van der Waals surface area contributed by atoms with Gasteiger partial charge in [-0.25, -0.2) is 0 Å². The summed E-state index contributed by atoms with van der Waals surface area (Å²) in [6, 6.07) is 17.5. The van der Waals surface area contributed by atoms with Crippen molar-refractivity contribution in [2.45, 2.75) is 25.9 Å². The van der Waals surface area contributed by atoms with E-state index in [0.717, 1.165) is 16.7 Å². The average Bonchev–Trinajstić information content (AvgIpc) is 2.87. The molecule has 0 saturated carbocycles. The molecule has 29 heavy (non-hydrogen) atoms. The number of carboxylic acid groups (broad SMARTS) is 1. The van der Waals surface area contributed by atoms with Gasteiger partial charge in [0.15, 0.2) is 11.7 Å². The summed E-state index contributed by atoms with van der Waals surface area (Å²) in [6.45, 7) is 2.72. The van der Waals surface area contributed by atoms with E-state index in [2.05, 4.69) is 5.32 Å². The molecule has 0 bridgehead atoms. The van der Waals surface area contributed by atoms with E-state index in [1.54, 1.807) is 13.8 Å². The van der Waals surface area contributed by atoms with Crippen molar-refractivity contribution in [3.8, 4) is 11.1 Å². The van der Waals surface area contributed by atoms with E-state index in [9.17, 15) is 19.2 Å². The second-order valence-electron chi connectivity index (χ2n) is 7.46. The number of carbonyl (C=O) groups excluding carboxylic acids is 3. The zero-order chi connectivity index (χ0) is 21.2. The summed E-state index contributed by atoms with van der Waals surface area (Å²) in [5.41, 5.74) is 1.76. The monoisotopic (exact) mass is 394 g/mol. The predicted octanol–water partition coefficient (Wildman–Crippen LogP) is 1.86. The molecule has 150 valence electrons. The molecule has 0 radical (unpaired) electrons. The largest absolute Gasteiger partial charge is 0.480 e. The first-order valence-corrected chi connectivity index (χ1v) is 9.21. The molecule has 1 saturated heterocycles. The smallest absolute Gasteiger partial charge is 0.322 e. The zero-order valence-electron chi connectivity index (χ0n) is 16.2. The average molecular weight is 394 g/mol. The molecule has 1 atom stereocenters. The minimum Gasteiger partial charge on any atom is -0.480 e. The van der Waals surface area contributed by atoms with Gasteiger partial charge in [0, 0.05) is 6.54 Å². The molecule has 7 heteroatoms. The highest BCUT2D eigenvalue weighted by atomic mass is 16.4. The molecule has 2 aromatic rings. The fourth-order valence-electron chi connectivity index (χ4n) is 3.42. The molecule has 1 heterocycles. The third kappa shape index (κ3) is 4.03. The molecule has 2 amide bonds. The SMILES string of the molecule is CC1(C)C(=O)C(C(=O)NCC(=O)O)C(=O)N1Cc1ccc(-c2ccccc2)cc1. The number of carbonyl (C=O) groups is 4. The van der Waals surface area contributed by atoms with E-state index in [4.69, 9.17) is 5.11 Å². The van der Waals surface area contributed by atoms with Gasteiger partial charge in [0.05, 0.1) is 5.54 Å². The fraction of sp³-hybridized carbons (Fsp3) is 0.273. The van der Waals surface area contributed by atoms with Crippen molar-refractivity contribution in [2.24, 2.45) is 5.92 Å². The molecule has 0 aromatic heterocycles. The highest BCUT2D eigenvalue weighted by Crippen LogP contribution is 2.32. The van der Waals surface area contributed by atoms with Crippen LogP contribution in [-0.4, -0.2) is 45.7 Å². The summed E-state index contributed by atoms with van der Waals surface area (Å²) in [7, 11) is 0. The molecule has 3 rings (SSSR count). The van der Waals surface area contributed by atoms with E-state index >= 15 is 0 Å². The number of aliphatic carboxylic acids is 1. The first kappa shape index (κ1) is 20.3. The number of rotatable bonds is 6. The van der Waals surface area contributed by atoms with E-state index in [-0.39, 0.29) is 6.54 Å². The summed E-state index contributed by atoms with van der Waals surface area (Å²) in [4.78, 5) is 49.7. The Morgan fingerprint density at radius 3 is 2.17 bits per heavy atom. The standard InChI is InChI=1S/C22H22N2O5/c1-22(2)19(27)18(20(28)23-12-17(25)26)21(29)24(22)13-14-8-10-16(11-9-14)15-6-4-3-5-7-15/h3-11,18H,12-13H2,1-2H3,(H,23,28)(H,25,26). The predicted molar refractivity (Wildman–Crippen MR) is 106 cm³/mol. The van der Waals surface area contributed by atoms with Crippen LogP contribution in [0.3, 0.4) is 0 Å². The normalized spacial score (nSPS) is 18.0. The van der Waals surface area contributed by atoms with Gasteiger partial charge in [-0.15, -0.1) is 0 Å². The second kappa shape index (κ2) is 7.87. The Hall–Kier alpha value is -3.48. The molecule has 0 spiro atoms. The van der Waals surface area contributed by atoms with E-state index < -0.39 is 41.6 Å². The second-order valence-corrected chi connectivity index (χ2v) is 7.46. The topological polar surface area (TPSA) is 104 Å². The van der Waals surface area contributed by atoms with Gasteiger partial charge in [-0.3, -0.25) is 19.2 Å². The lowest BCUT2D eigenvalue weighted by molar-refractivity contribution is -0.143. The minimum absolute atomic E-state index is 0.176. The summed E-state index contributed by atoms with van der Waals surface area (Å²) < 4.78 is 0. The first-order chi connectivity index (χ1) is 13.7. The van der Waals surface area contributed by atoms with Gasteiger partial charge < -0.3 is 15.3 Å². The van der Waals surface area contributed by atoms with Gasteiger partial charge in [0.1, 0.15) is 6.54 Å². The van der Waals surface area contributed by atoms with Crippen LogP contribution in [0, 0.1) is 5.92 Å². The Bertz CT molecular complexity index is 951. The Morgan fingerprint density at radius 1 is 1.00 bits per heavy atom. The van der Waals surface area contributed by atoms with Gasteiger partial charge in [0.25, 0.3) is 0 Å². The fourth-order valence-corrected chi connectivity index (χ4v) is 3.42. The maximum Gasteiger partial charge on any atom is 0.322 e. The van der Waals surface area contributed by atoms with Gasteiger partial charge in [-0.05, 0) is 30.5 Å². The van der Waals surface area contributed by atoms with Crippen LogP contribution in [0.5, 0.6) is 0 Å². The van der Waals surface area contributed by atoms with Crippen molar-refractivity contribution in [3.05, 3.63) is 60.2 Å². The van der Waals surface area contributed by atoms with Crippen LogP contribution in [0.2, 0.25) is 0 Å². The van der Waals surface area contributed by atoms with Gasteiger partial charge >= 0.3 is 5.97 Å². The van der Waals surface area contributed by atoms with Crippen LogP contribution in [-0.2, 0) is 25.7 Å². The Morgan fingerprint density at radius 2 is 1.59 bits per heavy atom. The van der Waals surface area contributed by atoms with Crippen molar-refractivity contribution >= 4 is 23.6 Å². The molecule has 7 nitrogen and oxygen atoms in total. The lowest BCUT2D eigenvalue weighted by atomic mass is 9.93. The van der Waals surface area contributed by atoms with E-state index in [1.807, 2.05) is 54.6 Å². The zero-order valence-corrected chi connectivity index (χ0v) is 16.2. The van der Waals surface area contributed by atoms with Crippen molar-refractivity contribution < 1.29 is 24.3 Å². The summed E-state index contributed by atoms with van der Waals surface area (Å²) in [5.74, 6) is -4.79. The molecule has 1 aliphatic heterocycles. The minimum atomic E-state index is -1.52. The van der Waals surface area contributed by atoms with E-state index in [0.29, 0.717) is 0 Å². The molecule has 0 aliphatic carbocycles. The number of nitrogens with zero attached hydrogens (tertiary/aromatic N) is 1. The molecule has 1 aliphatic rings. The molecule has 2 N–H and O–H groups in total. The van der Waals surface area contributed by atoms with Crippen LogP contribution < -0.4 is 5.32 Å². The maximum absolute atomic E-state index is 12.8. The number of hydrogen-bond acceptors (Lipinski definition) is 4. The number of hydrogen-bond donors (Lipinski definition) is 2. The van der Waals surface area contributed by atoms with Crippen LogP contribution >= 0.6 is 0 Å². The van der Waals surface area contributed by atoms with Crippen LogP contribution in [0.4, 0.5) is 0 Å². The van der Waals surface area contributed by atoms with Crippen LogP contribution in [0.25, 0.3) is 11.1 Å². The van der Waals surface area contributed by atoms with Crippen molar-refractivity contribution in [1.82, 2.24) is 10.2 Å². The van der Waals surface area contributed by atoms with Gasteiger partial charge in [0.2, 0.25) is 11.8 Å². The van der Waals surface area contributed by atoms with Crippen molar-refractivity contribution in [3.63, 3.8) is 0 Å². The number of likely N-dealkylation sites (tertiary alicyclic amines) is 1. The lowest BCUT2D eigenvalue weighted by Crippen LogP contribution is -2.44. The Kier molecular flexibility index (Phi) is 5.50. The number of benzene rings is 2. The Labute approximate surface area is 168 Å². The molecular formula is C22H22N2O5. The molecule has 1 fully saturated rings. The third-order valence-corrected chi connectivity index (χ3v) is 5.13. The van der Waals surface area contributed by atoms with Crippen LogP contribution in [0.15, 0.2) is 54.6 Å². The van der Waals surface area contributed by atoms with Crippen LogP contribution in [0.1, 0.15) is 19.4 Å². The van der Waals surface area contributed by atoms with E-state index in [1.165, 1.54) is 4.90 Å². The number of nitrogens with one attached hydrogen (secondary N) is 1. The van der Waals surface area contributed by atoms with Gasteiger partial charge in [-0.2, -0.15) is 0 Å². The van der Waals surface area contributed by atoms with Gasteiger partial charge in [-0.1, -0.05) is 54.6 Å². The number of Topliss-reactive ketones (excluding diaryl/α,β-unsaturated/α-hetero) is 1. The molecule has 2 aromatic carbocycles. The first-order valence-electron chi connectivity index (χ1n) is 9.21. The summed E-state index contributed by atoms with van der Waals surface area (Å²) in [6.07, 6.45) is 0. The van der Waals surface area contributed by atoms with Crippen molar-refractivity contribution in [1.29, 1.82) is 0 Å². The lowest BCUT2D eigenvalue weighted by Gasteiger charge is -2.30.